The van der Waals surface area contributed by atoms with Crippen LogP contribution in [-0.2, 0) is 0 Å². The molecule has 0 unspecified atom stereocenters. The van der Waals surface area contributed by atoms with Crippen LogP contribution in [0.15, 0.2) is 30.9 Å². The Morgan fingerprint density at radius 1 is 1.59 bits per heavy atom. The molecule has 0 heterocycles. The lowest BCUT2D eigenvalue weighted by atomic mass is 10.0. The SMILES string of the molecule is C=CCC[C@H](N)c1cc(Cl)ccc1[N+](=O)[O-].Cl. The van der Waals surface area contributed by atoms with Gasteiger partial charge >= 0.3 is 0 Å². The van der Waals surface area contributed by atoms with Crippen molar-refractivity contribution >= 4 is 29.7 Å². The fourth-order valence-electron chi connectivity index (χ4n) is 1.44. The fraction of sp³-hybridized carbons (Fsp3) is 0.273. The number of nitro groups is 1. The summed E-state index contributed by atoms with van der Waals surface area (Å²) >= 11 is 5.80. The van der Waals surface area contributed by atoms with Crippen molar-refractivity contribution in [2.45, 2.75) is 18.9 Å². The van der Waals surface area contributed by atoms with Gasteiger partial charge in [-0.3, -0.25) is 10.1 Å². The van der Waals surface area contributed by atoms with E-state index in [2.05, 4.69) is 6.58 Å². The molecule has 94 valence electrons. The van der Waals surface area contributed by atoms with Crippen LogP contribution in [0.3, 0.4) is 0 Å². The minimum atomic E-state index is -0.445. The van der Waals surface area contributed by atoms with Crippen molar-refractivity contribution in [3.05, 3.63) is 51.6 Å². The van der Waals surface area contributed by atoms with Gasteiger partial charge in [-0.1, -0.05) is 17.7 Å². The predicted octanol–water partition coefficient (Wildman–Crippen LogP) is 3.64. The molecule has 0 aromatic heterocycles. The highest BCUT2D eigenvalue weighted by molar-refractivity contribution is 6.30. The van der Waals surface area contributed by atoms with Crippen LogP contribution in [0.1, 0.15) is 24.4 Å². The molecule has 0 aliphatic carbocycles. The maximum atomic E-state index is 10.8. The number of halogens is 2. The highest BCUT2D eigenvalue weighted by atomic mass is 35.5. The first-order valence-corrected chi connectivity index (χ1v) is 5.24. The van der Waals surface area contributed by atoms with E-state index in [0.29, 0.717) is 23.4 Å². The molecule has 1 rings (SSSR count). The van der Waals surface area contributed by atoms with Gasteiger partial charge in [0.05, 0.1) is 4.92 Å². The van der Waals surface area contributed by atoms with E-state index >= 15 is 0 Å². The number of hydrogen-bond acceptors (Lipinski definition) is 3. The lowest BCUT2D eigenvalue weighted by Gasteiger charge is -2.11. The smallest absolute Gasteiger partial charge is 0.274 e. The molecule has 0 aliphatic rings. The third-order valence-corrected chi connectivity index (χ3v) is 2.50. The average Bonchev–Trinajstić information content (AvgIpc) is 2.25. The summed E-state index contributed by atoms with van der Waals surface area (Å²) in [6.45, 7) is 3.59. The summed E-state index contributed by atoms with van der Waals surface area (Å²) < 4.78 is 0. The Bertz CT molecular complexity index is 410. The van der Waals surface area contributed by atoms with E-state index in [4.69, 9.17) is 17.3 Å². The van der Waals surface area contributed by atoms with Gasteiger partial charge in [-0.15, -0.1) is 19.0 Å². The number of nitro benzene ring substituents is 1. The molecule has 0 radical (unpaired) electrons. The summed E-state index contributed by atoms with van der Waals surface area (Å²) in [5.41, 5.74) is 6.36. The molecule has 0 spiro atoms. The standard InChI is InChI=1S/C11H13ClN2O2.ClH/c1-2-3-4-10(13)9-7-8(12)5-6-11(9)14(15)16;/h2,5-7,10H,1,3-4,13H2;1H/t10-;/m0./s1. The summed E-state index contributed by atoms with van der Waals surface area (Å²) in [6, 6.07) is 4.03. The van der Waals surface area contributed by atoms with E-state index in [1.807, 2.05) is 0 Å². The largest absolute Gasteiger partial charge is 0.324 e. The molecule has 6 heteroatoms. The van der Waals surface area contributed by atoms with Crippen LogP contribution >= 0.6 is 24.0 Å². The molecule has 2 N–H and O–H groups in total. The predicted molar refractivity (Wildman–Crippen MR) is 71.7 cm³/mol. The Labute approximate surface area is 111 Å². The van der Waals surface area contributed by atoms with Gasteiger partial charge in [-0.2, -0.15) is 0 Å². The van der Waals surface area contributed by atoms with Crippen LogP contribution in [0.4, 0.5) is 5.69 Å². The van der Waals surface area contributed by atoms with Gasteiger partial charge in [-0.05, 0) is 25.0 Å². The number of rotatable bonds is 5. The zero-order chi connectivity index (χ0) is 12.1. The third kappa shape index (κ3) is 4.34. The molecule has 1 aromatic carbocycles. The van der Waals surface area contributed by atoms with E-state index in [1.165, 1.54) is 12.1 Å². The minimum absolute atomic E-state index is 0. The van der Waals surface area contributed by atoms with E-state index in [1.54, 1.807) is 12.1 Å². The van der Waals surface area contributed by atoms with E-state index in [-0.39, 0.29) is 18.1 Å². The highest BCUT2D eigenvalue weighted by Crippen LogP contribution is 2.29. The maximum absolute atomic E-state index is 10.8. The van der Waals surface area contributed by atoms with Crippen molar-refractivity contribution in [3.63, 3.8) is 0 Å². The fourth-order valence-corrected chi connectivity index (χ4v) is 1.62. The quantitative estimate of drug-likeness (QED) is 0.507. The van der Waals surface area contributed by atoms with Crippen LogP contribution in [0.5, 0.6) is 0 Å². The maximum Gasteiger partial charge on any atom is 0.274 e. The van der Waals surface area contributed by atoms with Crippen molar-refractivity contribution in [3.8, 4) is 0 Å². The summed E-state index contributed by atoms with van der Waals surface area (Å²) in [6.07, 6.45) is 3.06. The van der Waals surface area contributed by atoms with E-state index in [9.17, 15) is 10.1 Å². The zero-order valence-electron chi connectivity index (χ0n) is 9.14. The van der Waals surface area contributed by atoms with E-state index in [0.717, 1.165) is 0 Å². The van der Waals surface area contributed by atoms with Gasteiger partial charge in [0.15, 0.2) is 0 Å². The second kappa shape index (κ2) is 7.27. The van der Waals surface area contributed by atoms with Gasteiger partial charge < -0.3 is 5.73 Å². The molecule has 4 nitrogen and oxygen atoms in total. The number of allylic oxidation sites excluding steroid dienone is 1. The highest BCUT2D eigenvalue weighted by Gasteiger charge is 2.18. The van der Waals surface area contributed by atoms with Crippen molar-refractivity contribution < 1.29 is 4.92 Å². The molecule has 0 amide bonds. The Hall–Kier alpha value is -1.10. The second-order valence-electron chi connectivity index (χ2n) is 3.43. The Kier molecular flexibility index (Phi) is 6.80. The van der Waals surface area contributed by atoms with Crippen LogP contribution < -0.4 is 5.73 Å². The molecule has 17 heavy (non-hydrogen) atoms. The summed E-state index contributed by atoms with van der Waals surface area (Å²) in [4.78, 5) is 10.4. The molecule has 0 fully saturated rings. The first-order valence-electron chi connectivity index (χ1n) is 4.86. The Morgan fingerprint density at radius 2 is 2.24 bits per heavy atom. The van der Waals surface area contributed by atoms with Gasteiger partial charge in [0.25, 0.3) is 5.69 Å². The molecule has 0 saturated carbocycles. The summed E-state index contributed by atoms with van der Waals surface area (Å²) in [5, 5.41) is 11.3. The van der Waals surface area contributed by atoms with Crippen LogP contribution in [0.25, 0.3) is 0 Å². The van der Waals surface area contributed by atoms with Crippen LogP contribution in [0, 0.1) is 10.1 Å². The van der Waals surface area contributed by atoms with Crippen LogP contribution in [-0.4, -0.2) is 4.92 Å². The summed E-state index contributed by atoms with van der Waals surface area (Å²) in [5.74, 6) is 0. The van der Waals surface area contributed by atoms with Gasteiger partial charge in [0.2, 0.25) is 0 Å². The van der Waals surface area contributed by atoms with Crippen molar-refractivity contribution in [1.29, 1.82) is 0 Å². The number of nitrogens with two attached hydrogens (primary N) is 1. The first kappa shape index (κ1) is 15.9. The lowest BCUT2D eigenvalue weighted by Crippen LogP contribution is -2.12. The topological polar surface area (TPSA) is 69.2 Å². The lowest BCUT2D eigenvalue weighted by molar-refractivity contribution is -0.385. The Balaban J connectivity index is 0.00000256. The molecular weight excluding hydrogens is 263 g/mol. The number of hydrogen-bond donors (Lipinski definition) is 1. The minimum Gasteiger partial charge on any atom is -0.324 e. The molecule has 0 aliphatic heterocycles. The van der Waals surface area contributed by atoms with Crippen molar-refractivity contribution in [2.24, 2.45) is 5.73 Å². The first-order chi connectivity index (χ1) is 7.56. The Morgan fingerprint density at radius 3 is 2.76 bits per heavy atom. The summed E-state index contributed by atoms with van der Waals surface area (Å²) in [7, 11) is 0. The molecular formula is C11H14Cl2N2O2. The molecule has 1 aromatic rings. The van der Waals surface area contributed by atoms with Crippen molar-refractivity contribution in [2.75, 3.05) is 0 Å². The average molecular weight is 277 g/mol. The van der Waals surface area contributed by atoms with Gasteiger partial charge in [0, 0.05) is 22.7 Å². The molecule has 0 saturated heterocycles. The van der Waals surface area contributed by atoms with Crippen molar-refractivity contribution in [1.82, 2.24) is 0 Å². The molecule has 0 bridgehead atoms. The van der Waals surface area contributed by atoms with Gasteiger partial charge in [-0.25, -0.2) is 0 Å². The third-order valence-electron chi connectivity index (χ3n) is 2.27. The van der Waals surface area contributed by atoms with E-state index < -0.39 is 11.0 Å². The second-order valence-corrected chi connectivity index (χ2v) is 3.87. The normalized spacial score (nSPS) is 11.4. The molecule has 1 atom stereocenters. The van der Waals surface area contributed by atoms with Gasteiger partial charge in [0.1, 0.15) is 0 Å². The zero-order valence-corrected chi connectivity index (χ0v) is 10.7. The van der Waals surface area contributed by atoms with Crippen LogP contribution in [0.2, 0.25) is 5.02 Å². The number of benzene rings is 1. The monoisotopic (exact) mass is 276 g/mol. The number of nitrogens with zero attached hydrogens (tertiary/aromatic N) is 1.